The van der Waals surface area contributed by atoms with Crippen molar-refractivity contribution >= 4 is 16.7 Å². The molecule has 0 saturated heterocycles. The first-order valence-electron chi connectivity index (χ1n) is 6.54. The minimum atomic E-state index is 0.108. The van der Waals surface area contributed by atoms with Crippen molar-refractivity contribution in [1.82, 2.24) is 9.88 Å². The normalized spacial score (nSPS) is 11.3. The number of likely N-dealkylation sites (N-methyl/N-ethyl adjacent to an activating group) is 1. The van der Waals surface area contributed by atoms with E-state index in [1.807, 2.05) is 48.3 Å². The first-order valence-corrected chi connectivity index (χ1v) is 6.54. The molecule has 0 unspecified atom stereocenters. The number of para-hydroxylation sites is 1. The number of carbonyl (C=O) groups is 1. The van der Waals surface area contributed by atoms with Gasteiger partial charge in [0.05, 0.1) is 19.4 Å². The van der Waals surface area contributed by atoms with E-state index < -0.39 is 0 Å². The van der Waals surface area contributed by atoms with Crippen molar-refractivity contribution in [2.45, 2.75) is 6.54 Å². The molecule has 2 aromatic heterocycles. The molecule has 3 aromatic rings. The second kappa shape index (κ2) is 5.35. The number of aromatic nitrogens is 1. The molecule has 2 heterocycles. The largest absolute Gasteiger partial charge is 0.468 e. The highest BCUT2D eigenvalue weighted by Gasteiger charge is 2.14. The number of fused-ring (bicyclic) bond motifs is 1. The van der Waals surface area contributed by atoms with Gasteiger partial charge in [-0.25, -0.2) is 0 Å². The van der Waals surface area contributed by atoms with Gasteiger partial charge >= 0.3 is 0 Å². The third-order valence-corrected chi connectivity index (χ3v) is 3.31. The van der Waals surface area contributed by atoms with Crippen LogP contribution in [-0.2, 0) is 6.54 Å². The van der Waals surface area contributed by atoms with Crippen molar-refractivity contribution in [1.29, 1.82) is 0 Å². The number of rotatable bonds is 5. The molecule has 102 valence electrons. The monoisotopic (exact) mass is 268 g/mol. The fraction of sp³-hybridized carbons (Fsp3) is 0.188. The van der Waals surface area contributed by atoms with Crippen LogP contribution in [0.25, 0.3) is 10.9 Å². The maximum absolute atomic E-state index is 12.4. The van der Waals surface area contributed by atoms with Gasteiger partial charge in [0, 0.05) is 22.7 Å². The third-order valence-electron chi connectivity index (χ3n) is 3.31. The number of aromatic amines is 1. The Morgan fingerprint density at radius 1 is 1.25 bits per heavy atom. The Bertz CT molecular complexity index is 713. The zero-order valence-electron chi connectivity index (χ0n) is 11.3. The predicted molar refractivity (Wildman–Crippen MR) is 77.7 cm³/mol. The van der Waals surface area contributed by atoms with E-state index in [9.17, 15) is 4.79 Å². The second-order valence-corrected chi connectivity index (χ2v) is 4.92. The van der Waals surface area contributed by atoms with Gasteiger partial charge in [-0.05, 0) is 25.2 Å². The number of carbonyl (C=O) groups excluding carboxylic acids is 1. The predicted octanol–water partition coefficient (Wildman–Crippen LogP) is 3.08. The van der Waals surface area contributed by atoms with Crippen molar-refractivity contribution in [3.63, 3.8) is 0 Å². The lowest BCUT2D eigenvalue weighted by atomic mass is 10.1. The van der Waals surface area contributed by atoms with Crippen molar-refractivity contribution in [3.05, 3.63) is 60.2 Å². The van der Waals surface area contributed by atoms with E-state index >= 15 is 0 Å². The van der Waals surface area contributed by atoms with E-state index in [-0.39, 0.29) is 5.78 Å². The lowest BCUT2D eigenvalue weighted by Crippen LogP contribution is -2.25. The van der Waals surface area contributed by atoms with Crippen LogP contribution >= 0.6 is 0 Å². The number of hydrogen-bond acceptors (Lipinski definition) is 3. The number of nitrogens with zero attached hydrogens (tertiary/aromatic N) is 1. The fourth-order valence-electron chi connectivity index (χ4n) is 2.36. The minimum Gasteiger partial charge on any atom is -0.468 e. The molecule has 4 nitrogen and oxygen atoms in total. The maximum atomic E-state index is 12.4. The Morgan fingerprint density at radius 3 is 2.90 bits per heavy atom. The van der Waals surface area contributed by atoms with Crippen LogP contribution in [0.1, 0.15) is 16.1 Å². The summed E-state index contributed by atoms with van der Waals surface area (Å²) in [6.45, 7) is 0.990. The molecule has 4 heteroatoms. The van der Waals surface area contributed by atoms with Crippen LogP contribution in [0.15, 0.2) is 53.3 Å². The molecule has 0 atom stereocenters. The van der Waals surface area contributed by atoms with Crippen molar-refractivity contribution in [2.24, 2.45) is 0 Å². The number of benzene rings is 1. The van der Waals surface area contributed by atoms with E-state index in [4.69, 9.17) is 4.42 Å². The van der Waals surface area contributed by atoms with Gasteiger partial charge in [0.1, 0.15) is 5.76 Å². The summed E-state index contributed by atoms with van der Waals surface area (Å²) < 4.78 is 5.29. The Balaban J connectivity index is 1.73. The summed E-state index contributed by atoms with van der Waals surface area (Å²) in [5.74, 6) is 0.968. The van der Waals surface area contributed by atoms with Crippen LogP contribution in [0.4, 0.5) is 0 Å². The van der Waals surface area contributed by atoms with Gasteiger partial charge in [0.15, 0.2) is 5.78 Å². The minimum absolute atomic E-state index is 0.108. The van der Waals surface area contributed by atoms with Gasteiger partial charge in [-0.3, -0.25) is 9.69 Å². The molecule has 0 aliphatic rings. The molecule has 3 rings (SSSR count). The lowest BCUT2D eigenvalue weighted by Gasteiger charge is -2.13. The van der Waals surface area contributed by atoms with Crippen LogP contribution in [0.2, 0.25) is 0 Å². The number of H-pyrrole nitrogens is 1. The maximum Gasteiger partial charge on any atom is 0.178 e. The van der Waals surface area contributed by atoms with E-state index in [0.717, 1.165) is 22.2 Å². The zero-order valence-corrected chi connectivity index (χ0v) is 11.3. The molecule has 0 amide bonds. The molecule has 1 aromatic carbocycles. The summed E-state index contributed by atoms with van der Waals surface area (Å²) in [6.07, 6.45) is 3.43. The Labute approximate surface area is 117 Å². The average Bonchev–Trinajstić information content (AvgIpc) is 3.07. The summed E-state index contributed by atoms with van der Waals surface area (Å²) in [5.41, 5.74) is 1.73. The van der Waals surface area contributed by atoms with Gasteiger partial charge < -0.3 is 9.40 Å². The van der Waals surface area contributed by atoms with Crippen molar-refractivity contribution in [3.8, 4) is 0 Å². The SMILES string of the molecule is CN(CC(=O)c1c[nH]c2ccccc12)Cc1ccco1. The van der Waals surface area contributed by atoms with Crippen molar-refractivity contribution < 1.29 is 9.21 Å². The highest BCUT2D eigenvalue weighted by molar-refractivity contribution is 6.08. The molecule has 0 spiro atoms. The third kappa shape index (κ3) is 2.51. The molecule has 0 fully saturated rings. The fourth-order valence-corrected chi connectivity index (χ4v) is 2.36. The molecule has 0 saturated carbocycles. The first kappa shape index (κ1) is 12.7. The summed E-state index contributed by atoms with van der Waals surface area (Å²) in [5, 5.41) is 0.976. The molecule has 0 bridgehead atoms. The Hall–Kier alpha value is -2.33. The Morgan fingerprint density at radius 2 is 2.10 bits per heavy atom. The number of Topliss-reactive ketones (excluding diaryl/α,β-unsaturated/α-hetero) is 1. The van der Waals surface area contributed by atoms with Gasteiger partial charge in [0.25, 0.3) is 0 Å². The highest BCUT2D eigenvalue weighted by Crippen LogP contribution is 2.18. The summed E-state index contributed by atoms with van der Waals surface area (Å²) in [7, 11) is 1.91. The van der Waals surface area contributed by atoms with E-state index in [1.165, 1.54) is 0 Å². The van der Waals surface area contributed by atoms with E-state index in [1.54, 1.807) is 12.5 Å². The second-order valence-electron chi connectivity index (χ2n) is 4.92. The van der Waals surface area contributed by atoms with Crippen LogP contribution in [0.3, 0.4) is 0 Å². The summed E-state index contributed by atoms with van der Waals surface area (Å²) >= 11 is 0. The van der Waals surface area contributed by atoms with E-state index in [0.29, 0.717) is 13.1 Å². The average molecular weight is 268 g/mol. The molecule has 0 radical (unpaired) electrons. The lowest BCUT2D eigenvalue weighted by molar-refractivity contribution is 0.0941. The first-order chi connectivity index (χ1) is 9.74. The van der Waals surface area contributed by atoms with Gasteiger partial charge in [-0.1, -0.05) is 18.2 Å². The molecule has 20 heavy (non-hydrogen) atoms. The number of furan rings is 1. The molecular formula is C16H16N2O2. The molecule has 0 aliphatic carbocycles. The molecule has 1 N–H and O–H groups in total. The zero-order chi connectivity index (χ0) is 13.9. The number of ketones is 1. The van der Waals surface area contributed by atoms with Gasteiger partial charge in [0.2, 0.25) is 0 Å². The van der Waals surface area contributed by atoms with Crippen LogP contribution < -0.4 is 0 Å². The molecule has 0 aliphatic heterocycles. The van der Waals surface area contributed by atoms with Gasteiger partial charge in [-0.15, -0.1) is 0 Å². The summed E-state index contributed by atoms with van der Waals surface area (Å²) in [6, 6.07) is 11.6. The van der Waals surface area contributed by atoms with Crippen LogP contribution in [-0.4, -0.2) is 29.3 Å². The molecular weight excluding hydrogens is 252 g/mol. The smallest absolute Gasteiger partial charge is 0.178 e. The Kier molecular flexibility index (Phi) is 3.39. The summed E-state index contributed by atoms with van der Waals surface area (Å²) in [4.78, 5) is 17.4. The number of nitrogens with one attached hydrogen (secondary N) is 1. The highest BCUT2D eigenvalue weighted by atomic mass is 16.3. The van der Waals surface area contributed by atoms with Gasteiger partial charge in [-0.2, -0.15) is 0 Å². The van der Waals surface area contributed by atoms with Crippen LogP contribution in [0.5, 0.6) is 0 Å². The van der Waals surface area contributed by atoms with Crippen molar-refractivity contribution in [2.75, 3.05) is 13.6 Å². The van der Waals surface area contributed by atoms with E-state index in [2.05, 4.69) is 4.98 Å². The standard InChI is InChI=1S/C16H16N2O2/c1-18(10-12-5-4-8-20-12)11-16(19)14-9-17-15-7-3-2-6-13(14)15/h2-9,17H,10-11H2,1H3. The number of hydrogen-bond donors (Lipinski definition) is 1. The van der Waals surface area contributed by atoms with Crippen LogP contribution in [0, 0.1) is 0 Å². The topological polar surface area (TPSA) is 49.2 Å². The quantitative estimate of drug-likeness (QED) is 0.723.